The molecular formula is C16H15ClFNO3. The highest BCUT2D eigenvalue weighted by atomic mass is 35.5. The lowest BCUT2D eigenvalue weighted by molar-refractivity contribution is -0.122. The molecule has 1 N–H and O–H groups in total. The average Bonchev–Trinajstić information content (AvgIpc) is 2.50. The summed E-state index contributed by atoms with van der Waals surface area (Å²) < 4.78 is 23.5. The van der Waals surface area contributed by atoms with Gasteiger partial charge in [-0.2, -0.15) is 0 Å². The number of hydrogen-bond donors (Lipinski definition) is 1. The SMILES string of the molecule is COc1cccc(NC(=O)C(C)Oc2ccc(F)cc2Cl)c1. The molecule has 1 atom stereocenters. The molecule has 0 aliphatic carbocycles. The number of ether oxygens (including phenoxy) is 2. The molecule has 4 nitrogen and oxygen atoms in total. The standard InChI is InChI=1S/C16H15ClFNO3/c1-10(22-15-7-6-11(18)8-14(15)17)16(20)19-12-4-3-5-13(9-12)21-2/h3-10H,1-2H3,(H,19,20). The first kappa shape index (κ1) is 16.1. The monoisotopic (exact) mass is 323 g/mol. The Labute approximate surface area is 132 Å². The van der Waals surface area contributed by atoms with Crippen molar-refractivity contribution in [2.75, 3.05) is 12.4 Å². The Hall–Kier alpha value is -2.27. The van der Waals surface area contributed by atoms with E-state index in [1.807, 2.05) is 0 Å². The summed E-state index contributed by atoms with van der Waals surface area (Å²) in [6.45, 7) is 1.58. The van der Waals surface area contributed by atoms with E-state index in [2.05, 4.69) is 5.32 Å². The highest BCUT2D eigenvalue weighted by molar-refractivity contribution is 6.32. The van der Waals surface area contributed by atoms with E-state index in [1.54, 1.807) is 38.3 Å². The lowest BCUT2D eigenvalue weighted by atomic mass is 10.2. The lowest BCUT2D eigenvalue weighted by Crippen LogP contribution is -2.30. The largest absolute Gasteiger partial charge is 0.497 e. The molecule has 0 heterocycles. The highest BCUT2D eigenvalue weighted by Gasteiger charge is 2.16. The van der Waals surface area contributed by atoms with Crippen molar-refractivity contribution in [3.8, 4) is 11.5 Å². The van der Waals surface area contributed by atoms with Crippen LogP contribution in [0.25, 0.3) is 0 Å². The predicted molar refractivity (Wildman–Crippen MR) is 83.1 cm³/mol. The van der Waals surface area contributed by atoms with Gasteiger partial charge in [0.2, 0.25) is 0 Å². The van der Waals surface area contributed by atoms with Gasteiger partial charge >= 0.3 is 0 Å². The maximum Gasteiger partial charge on any atom is 0.265 e. The molecule has 116 valence electrons. The molecule has 0 aliphatic rings. The third-order valence-electron chi connectivity index (χ3n) is 2.90. The first-order valence-corrected chi connectivity index (χ1v) is 6.94. The van der Waals surface area contributed by atoms with Crippen molar-refractivity contribution in [2.45, 2.75) is 13.0 Å². The van der Waals surface area contributed by atoms with Crippen LogP contribution in [0.2, 0.25) is 5.02 Å². The third kappa shape index (κ3) is 4.11. The summed E-state index contributed by atoms with van der Waals surface area (Å²) in [6, 6.07) is 10.7. The van der Waals surface area contributed by atoms with Crippen molar-refractivity contribution < 1.29 is 18.7 Å². The quantitative estimate of drug-likeness (QED) is 0.908. The minimum Gasteiger partial charge on any atom is -0.497 e. The Balaban J connectivity index is 2.02. The number of methoxy groups -OCH3 is 1. The number of nitrogens with one attached hydrogen (secondary N) is 1. The fraction of sp³-hybridized carbons (Fsp3) is 0.188. The number of amides is 1. The molecular weight excluding hydrogens is 309 g/mol. The Morgan fingerprint density at radius 2 is 2.05 bits per heavy atom. The summed E-state index contributed by atoms with van der Waals surface area (Å²) in [4.78, 5) is 12.1. The first-order valence-electron chi connectivity index (χ1n) is 6.56. The third-order valence-corrected chi connectivity index (χ3v) is 3.20. The van der Waals surface area contributed by atoms with E-state index >= 15 is 0 Å². The second-order valence-electron chi connectivity index (χ2n) is 4.56. The van der Waals surface area contributed by atoms with Crippen molar-refractivity contribution in [2.24, 2.45) is 0 Å². The molecule has 1 amide bonds. The van der Waals surface area contributed by atoms with Gasteiger partial charge in [-0.05, 0) is 37.3 Å². The Bertz CT molecular complexity index is 678. The van der Waals surface area contributed by atoms with Gasteiger partial charge in [-0.1, -0.05) is 17.7 Å². The second-order valence-corrected chi connectivity index (χ2v) is 4.96. The van der Waals surface area contributed by atoms with Gasteiger partial charge in [0.15, 0.2) is 6.10 Å². The molecule has 2 rings (SSSR count). The van der Waals surface area contributed by atoms with Gasteiger partial charge in [-0.15, -0.1) is 0 Å². The molecule has 0 bridgehead atoms. The Morgan fingerprint density at radius 1 is 1.27 bits per heavy atom. The van der Waals surface area contributed by atoms with Crippen molar-refractivity contribution in [3.63, 3.8) is 0 Å². The zero-order valence-corrected chi connectivity index (χ0v) is 12.9. The highest BCUT2D eigenvalue weighted by Crippen LogP contribution is 2.26. The molecule has 1 unspecified atom stereocenters. The molecule has 6 heteroatoms. The molecule has 0 aromatic heterocycles. The van der Waals surface area contributed by atoms with E-state index in [1.165, 1.54) is 12.1 Å². The fourth-order valence-electron chi connectivity index (χ4n) is 1.76. The normalized spacial score (nSPS) is 11.6. The summed E-state index contributed by atoms with van der Waals surface area (Å²) in [5, 5.41) is 2.82. The van der Waals surface area contributed by atoms with Crippen LogP contribution in [-0.4, -0.2) is 19.1 Å². The predicted octanol–water partition coefficient (Wildman–Crippen LogP) is 3.89. The van der Waals surface area contributed by atoms with Gasteiger partial charge in [-0.25, -0.2) is 4.39 Å². The van der Waals surface area contributed by atoms with Crippen LogP contribution >= 0.6 is 11.6 Å². The number of hydrogen-bond acceptors (Lipinski definition) is 3. The van der Waals surface area contributed by atoms with Crippen LogP contribution in [0.1, 0.15) is 6.92 Å². The molecule has 22 heavy (non-hydrogen) atoms. The second kappa shape index (κ2) is 7.13. The van der Waals surface area contributed by atoms with Gasteiger partial charge in [0.05, 0.1) is 12.1 Å². The summed E-state index contributed by atoms with van der Waals surface area (Å²) in [5.41, 5.74) is 0.588. The minimum atomic E-state index is -0.797. The van der Waals surface area contributed by atoms with Crippen molar-refractivity contribution in [1.29, 1.82) is 0 Å². The topological polar surface area (TPSA) is 47.6 Å². The molecule has 0 aliphatic heterocycles. The van der Waals surface area contributed by atoms with Gasteiger partial charge in [0, 0.05) is 11.8 Å². The van der Waals surface area contributed by atoms with Crippen LogP contribution in [0.3, 0.4) is 0 Å². The van der Waals surface area contributed by atoms with Gasteiger partial charge in [0.1, 0.15) is 17.3 Å². The van der Waals surface area contributed by atoms with E-state index in [0.29, 0.717) is 11.4 Å². The van der Waals surface area contributed by atoms with E-state index < -0.39 is 11.9 Å². The van der Waals surface area contributed by atoms with Gasteiger partial charge < -0.3 is 14.8 Å². The van der Waals surface area contributed by atoms with Crippen molar-refractivity contribution in [1.82, 2.24) is 0 Å². The molecule has 0 spiro atoms. The number of carbonyl (C=O) groups excluding carboxylic acids is 1. The van der Waals surface area contributed by atoms with E-state index in [9.17, 15) is 9.18 Å². The zero-order chi connectivity index (χ0) is 16.1. The molecule has 0 saturated carbocycles. The van der Waals surface area contributed by atoms with Crippen LogP contribution in [0, 0.1) is 5.82 Å². The number of anilines is 1. The summed E-state index contributed by atoms with van der Waals surface area (Å²) in [5.74, 6) is 0.0591. The maximum absolute atomic E-state index is 13.0. The fourth-order valence-corrected chi connectivity index (χ4v) is 1.97. The number of halogens is 2. The van der Waals surface area contributed by atoms with Crippen LogP contribution in [-0.2, 0) is 4.79 Å². The van der Waals surface area contributed by atoms with Gasteiger partial charge in [0.25, 0.3) is 5.91 Å². The van der Waals surface area contributed by atoms with Crippen molar-refractivity contribution >= 4 is 23.2 Å². The minimum absolute atomic E-state index is 0.112. The summed E-state index contributed by atoms with van der Waals surface area (Å²) >= 11 is 5.86. The van der Waals surface area contributed by atoms with E-state index in [4.69, 9.17) is 21.1 Å². The lowest BCUT2D eigenvalue weighted by Gasteiger charge is -2.16. The summed E-state index contributed by atoms with van der Waals surface area (Å²) in [6.07, 6.45) is -0.797. The van der Waals surface area contributed by atoms with E-state index in [0.717, 1.165) is 6.07 Å². The smallest absolute Gasteiger partial charge is 0.265 e. The van der Waals surface area contributed by atoms with Crippen molar-refractivity contribution in [3.05, 3.63) is 53.3 Å². The maximum atomic E-state index is 13.0. The Kier molecular flexibility index (Phi) is 5.22. The molecule has 0 saturated heterocycles. The van der Waals surface area contributed by atoms with Crippen LogP contribution in [0.15, 0.2) is 42.5 Å². The molecule has 2 aromatic rings. The molecule has 2 aromatic carbocycles. The van der Waals surface area contributed by atoms with E-state index in [-0.39, 0.29) is 16.7 Å². The number of carbonyl (C=O) groups is 1. The molecule has 0 radical (unpaired) electrons. The van der Waals surface area contributed by atoms with Crippen LogP contribution < -0.4 is 14.8 Å². The first-order chi connectivity index (χ1) is 10.5. The number of rotatable bonds is 5. The Morgan fingerprint density at radius 3 is 2.73 bits per heavy atom. The average molecular weight is 324 g/mol. The van der Waals surface area contributed by atoms with Crippen LogP contribution in [0.4, 0.5) is 10.1 Å². The zero-order valence-electron chi connectivity index (χ0n) is 12.1. The molecule has 0 fully saturated rings. The summed E-state index contributed by atoms with van der Waals surface area (Å²) in [7, 11) is 1.54. The van der Waals surface area contributed by atoms with Crippen LogP contribution in [0.5, 0.6) is 11.5 Å². The van der Waals surface area contributed by atoms with Gasteiger partial charge in [-0.3, -0.25) is 4.79 Å². The number of benzene rings is 2.